The van der Waals surface area contributed by atoms with Crippen LogP contribution in [0.15, 0.2) is 18.2 Å². The van der Waals surface area contributed by atoms with E-state index in [1.165, 1.54) is 12.1 Å². The van der Waals surface area contributed by atoms with Crippen molar-refractivity contribution in [1.82, 2.24) is 4.90 Å². The minimum absolute atomic E-state index is 0.149. The van der Waals surface area contributed by atoms with Crippen molar-refractivity contribution in [3.63, 3.8) is 0 Å². The fraction of sp³-hybridized carbons (Fsp3) is 0.562. The van der Waals surface area contributed by atoms with Gasteiger partial charge in [0.15, 0.2) is 17.4 Å². The van der Waals surface area contributed by atoms with E-state index < -0.39 is 11.6 Å². The summed E-state index contributed by atoms with van der Waals surface area (Å²) in [4.78, 5) is 14.1. The van der Waals surface area contributed by atoms with E-state index in [9.17, 15) is 13.6 Å². The van der Waals surface area contributed by atoms with Crippen LogP contribution < -0.4 is 0 Å². The third-order valence-electron chi connectivity index (χ3n) is 3.62. The van der Waals surface area contributed by atoms with Gasteiger partial charge in [0, 0.05) is 19.5 Å². The number of carbonyl (C=O) groups excluding carboxylic acids is 1. The Hall–Kier alpha value is -1.29. The zero-order chi connectivity index (χ0) is 15.1. The highest BCUT2D eigenvalue weighted by molar-refractivity contribution is 5.96. The molecule has 1 aromatic carbocycles. The fourth-order valence-electron chi connectivity index (χ4n) is 2.06. The lowest BCUT2D eigenvalue weighted by molar-refractivity contribution is 0.0956. The van der Waals surface area contributed by atoms with Crippen molar-refractivity contribution in [3.8, 4) is 0 Å². The van der Waals surface area contributed by atoms with Gasteiger partial charge in [-0.3, -0.25) is 4.79 Å². The van der Waals surface area contributed by atoms with Crippen LogP contribution in [-0.2, 0) is 0 Å². The Kier molecular flexibility index (Phi) is 6.79. The van der Waals surface area contributed by atoms with Crippen molar-refractivity contribution in [2.45, 2.75) is 33.6 Å². The van der Waals surface area contributed by atoms with Crippen LogP contribution in [0.25, 0.3) is 0 Å². The summed E-state index contributed by atoms with van der Waals surface area (Å²) >= 11 is 0. The van der Waals surface area contributed by atoms with Crippen molar-refractivity contribution in [2.75, 3.05) is 19.6 Å². The van der Waals surface area contributed by atoms with Gasteiger partial charge in [0.1, 0.15) is 0 Å². The normalized spacial score (nSPS) is 12.7. The Labute approximate surface area is 119 Å². The molecule has 0 saturated carbocycles. The smallest absolute Gasteiger partial charge is 0.169 e. The van der Waals surface area contributed by atoms with Crippen molar-refractivity contribution in [1.29, 1.82) is 0 Å². The van der Waals surface area contributed by atoms with Crippen LogP contribution in [0.1, 0.15) is 44.0 Å². The molecule has 0 fully saturated rings. The van der Waals surface area contributed by atoms with Gasteiger partial charge >= 0.3 is 0 Å². The Bertz CT molecular complexity index is 448. The Morgan fingerprint density at radius 3 is 2.60 bits per heavy atom. The molecule has 0 bridgehead atoms. The summed E-state index contributed by atoms with van der Waals surface area (Å²) in [6, 6.07) is 3.72. The molecule has 1 atom stereocenters. The third kappa shape index (κ3) is 4.67. The summed E-state index contributed by atoms with van der Waals surface area (Å²) in [5, 5.41) is 0. The summed E-state index contributed by atoms with van der Waals surface area (Å²) in [7, 11) is 0. The zero-order valence-corrected chi connectivity index (χ0v) is 12.5. The molecule has 1 unspecified atom stereocenters. The summed E-state index contributed by atoms with van der Waals surface area (Å²) in [6.07, 6.45) is 1.30. The van der Waals surface area contributed by atoms with Gasteiger partial charge in [0.2, 0.25) is 0 Å². The number of halogens is 2. The van der Waals surface area contributed by atoms with E-state index in [2.05, 4.69) is 18.7 Å². The molecule has 112 valence electrons. The van der Waals surface area contributed by atoms with Crippen molar-refractivity contribution < 1.29 is 13.6 Å². The minimum atomic E-state index is -1.04. The van der Waals surface area contributed by atoms with Crippen LogP contribution >= 0.6 is 0 Å². The molecule has 4 heteroatoms. The number of benzene rings is 1. The van der Waals surface area contributed by atoms with E-state index >= 15 is 0 Å². The van der Waals surface area contributed by atoms with Crippen LogP contribution in [0.3, 0.4) is 0 Å². The zero-order valence-electron chi connectivity index (χ0n) is 12.5. The molecule has 0 N–H and O–H groups in total. The van der Waals surface area contributed by atoms with Gasteiger partial charge in [-0.05, 0) is 24.6 Å². The highest BCUT2D eigenvalue weighted by Gasteiger charge is 2.16. The molecule has 0 radical (unpaired) electrons. The van der Waals surface area contributed by atoms with Gasteiger partial charge in [-0.1, -0.05) is 33.3 Å². The molecular formula is C16H23F2NO. The molecule has 0 aliphatic carbocycles. The second kappa shape index (κ2) is 8.10. The first-order valence-corrected chi connectivity index (χ1v) is 7.19. The molecule has 2 nitrogen and oxygen atoms in total. The molecule has 0 amide bonds. The van der Waals surface area contributed by atoms with Crippen LogP contribution in [0.2, 0.25) is 0 Å². The molecule has 0 aliphatic rings. The second-order valence-corrected chi connectivity index (χ2v) is 5.18. The van der Waals surface area contributed by atoms with Crippen LogP contribution in [0, 0.1) is 17.6 Å². The van der Waals surface area contributed by atoms with Crippen molar-refractivity contribution in [3.05, 3.63) is 35.4 Å². The number of rotatable bonds is 8. The number of Topliss-reactive ketones (excluding diaryl/α,β-unsaturated/α-hetero) is 1. The first-order chi connectivity index (χ1) is 9.49. The predicted molar refractivity (Wildman–Crippen MR) is 76.9 cm³/mol. The highest BCUT2D eigenvalue weighted by Crippen LogP contribution is 2.14. The average Bonchev–Trinajstić information content (AvgIpc) is 2.45. The quantitative estimate of drug-likeness (QED) is 0.674. The van der Waals surface area contributed by atoms with E-state index in [1.54, 1.807) is 0 Å². The molecule has 0 spiro atoms. The van der Waals surface area contributed by atoms with Gasteiger partial charge in [-0.25, -0.2) is 8.78 Å². The van der Waals surface area contributed by atoms with Crippen LogP contribution in [0.4, 0.5) is 8.78 Å². The first kappa shape index (κ1) is 16.8. The molecule has 1 rings (SSSR count). The SMILES string of the molecule is CCC(C)CN(CC)CCC(=O)c1cccc(F)c1F. The van der Waals surface area contributed by atoms with E-state index in [-0.39, 0.29) is 17.8 Å². The number of nitrogens with zero attached hydrogens (tertiary/aromatic N) is 1. The monoisotopic (exact) mass is 283 g/mol. The number of hydrogen-bond acceptors (Lipinski definition) is 2. The first-order valence-electron chi connectivity index (χ1n) is 7.19. The van der Waals surface area contributed by atoms with Gasteiger partial charge < -0.3 is 4.90 Å². The second-order valence-electron chi connectivity index (χ2n) is 5.18. The lowest BCUT2D eigenvalue weighted by Crippen LogP contribution is -2.30. The standard InChI is InChI=1S/C16H23F2NO/c1-4-12(3)11-19(5-2)10-9-15(20)13-7-6-8-14(17)16(13)18/h6-8,12H,4-5,9-11H2,1-3H3. The molecule has 0 aliphatic heterocycles. The maximum atomic E-state index is 13.5. The fourth-order valence-corrected chi connectivity index (χ4v) is 2.06. The maximum Gasteiger partial charge on any atom is 0.169 e. The van der Waals surface area contributed by atoms with Crippen LogP contribution in [-0.4, -0.2) is 30.3 Å². The highest BCUT2D eigenvalue weighted by atomic mass is 19.2. The molecular weight excluding hydrogens is 260 g/mol. The molecule has 0 saturated heterocycles. The third-order valence-corrected chi connectivity index (χ3v) is 3.62. The predicted octanol–water partition coefficient (Wildman–Crippen LogP) is 3.91. The molecule has 0 aromatic heterocycles. The summed E-state index contributed by atoms with van der Waals surface area (Å²) < 4.78 is 26.6. The van der Waals surface area contributed by atoms with Gasteiger partial charge in [-0.15, -0.1) is 0 Å². The number of ketones is 1. The van der Waals surface area contributed by atoms with Crippen LogP contribution in [0.5, 0.6) is 0 Å². The van der Waals surface area contributed by atoms with Crippen molar-refractivity contribution in [2.24, 2.45) is 5.92 Å². The minimum Gasteiger partial charge on any atom is -0.303 e. The van der Waals surface area contributed by atoms with Gasteiger partial charge in [0.25, 0.3) is 0 Å². The Morgan fingerprint density at radius 2 is 2.00 bits per heavy atom. The van der Waals surface area contributed by atoms with Gasteiger partial charge in [-0.2, -0.15) is 0 Å². The van der Waals surface area contributed by atoms with E-state index in [0.717, 1.165) is 25.6 Å². The molecule has 1 aromatic rings. The number of hydrogen-bond donors (Lipinski definition) is 0. The number of carbonyl (C=O) groups is 1. The summed E-state index contributed by atoms with van der Waals surface area (Å²) in [6.45, 7) is 8.68. The Morgan fingerprint density at radius 1 is 1.30 bits per heavy atom. The summed E-state index contributed by atoms with van der Waals surface area (Å²) in [5.74, 6) is -1.79. The van der Waals surface area contributed by atoms with Gasteiger partial charge in [0.05, 0.1) is 5.56 Å². The summed E-state index contributed by atoms with van der Waals surface area (Å²) in [5.41, 5.74) is -0.149. The Balaban J connectivity index is 2.60. The lowest BCUT2D eigenvalue weighted by Gasteiger charge is -2.23. The molecule has 0 heterocycles. The topological polar surface area (TPSA) is 20.3 Å². The van der Waals surface area contributed by atoms with E-state index in [1.807, 2.05) is 6.92 Å². The largest absolute Gasteiger partial charge is 0.303 e. The molecule has 20 heavy (non-hydrogen) atoms. The van der Waals surface area contributed by atoms with E-state index in [4.69, 9.17) is 0 Å². The van der Waals surface area contributed by atoms with E-state index in [0.29, 0.717) is 12.5 Å². The lowest BCUT2D eigenvalue weighted by atomic mass is 10.1. The maximum absolute atomic E-state index is 13.5. The van der Waals surface area contributed by atoms with Crippen molar-refractivity contribution >= 4 is 5.78 Å². The average molecular weight is 283 g/mol.